The van der Waals surface area contributed by atoms with Gasteiger partial charge in [-0.1, -0.05) is 24.3 Å². The molecule has 0 aliphatic heterocycles. The zero-order valence-corrected chi connectivity index (χ0v) is 18.3. The van der Waals surface area contributed by atoms with Crippen molar-refractivity contribution >= 4 is 11.9 Å². The predicted octanol–water partition coefficient (Wildman–Crippen LogP) is 3.51. The summed E-state index contributed by atoms with van der Waals surface area (Å²) in [5, 5.41) is 16.4. The molecule has 1 unspecified atom stereocenters. The number of alkyl halides is 3. The second kappa shape index (κ2) is 10.3. The van der Waals surface area contributed by atoms with Crippen molar-refractivity contribution in [2.45, 2.75) is 25.6 Å². The van der Waals surface area contributed by atoms with Gasteiger partial charge in [0.1, 0.15) is 5.75 Å². The predicted molar refractivity (Wildman–Crippen MR) is 115 cm³/mol. The van der Waals surface area contributed by atoms with E-state index in [2.05, 4.69) is 10.4 Å². The number of aromatic nitrogens is 2. The lowest BCUT2D eigenvalue weighted by molar-refractivity contribution is -0.137. The highest BCUT2D eigenvalue weighted by Crippen LogP contribution is 2.34. The van der Waals surface area contributed by atoms with E-state index < -0.39 is 41.2 Å². The van der Waals surface area contributed by atoms with Crippen LogP contribution >= 0.6 is 0 Å². The van der Waals surface area contributed by atoms with Crippen molar-refractivity contribution in [2.75, 3.05) is 13.7 Å². The molecule has 2 aromatic carbocycles. The fraction of sp³-hybridized carbons (Fsp3) is 0.261. The van der Waals surface area contributed by atoms with Gasteiger partial charge in [-0.15, -0.1) is 0 Å². The molecule has 180 valence electrons. The van der Waals surface area contributed by atoms with Crippen molar-refractivity contribution in [3.63, 3.8) is 0 Å². The maximum atomic E-state index is 13.3. The van der Waals surface area contributed by atoms with E-state index in [1.165, 1.54) is 19.1 Å². The first-order valence-electron chi connectivity index (χ1n) is 10.2. The van der Waals surface area contributed by atoms with Crippen LogP contribution in [0.4, 0.5) is 13.2 Å². The number of halogens is 3. The number of esters is 1. The topological polar surface area (TPSA) is 103 Å². The number of carbonyl (C=O) groups excluding carboxylic acids is 2. The number of rotatable bonds is 8. The molecule has 1 heterocycles. The third kappa shape index (κ3) is 5.85. The van der Waals surface area contributed by atoms with E-state index in [-0.39, 0.29) is 12.2 Å². The van der Waals surface area contributed by atoms with Crippen LogP contribution in [0.15, 0.2) is 54.7 Å². The van der Waals surface area contributed by atoms with Crippen molar-refractivity contribution in [1.82, 2.24) is 15.1 Å². The number of methoxy groups -OCH3 is 1. The molecule has 1 atom stereocenters. The molecule has 34 heavy (non-hydrogen) atoms. The number of aromatic hydroxyl groups is 1. The van der Waals surface area contributed by atoms with Crippen LogP contribution in [0.25, 0.3) is 5.69 Å². The van der Waals surface area contributed by atoms with Crippen molar-refractivity contribution in [1.29, 1.82) is 0 Å². The van der Waals surface area contributed by atoms with Crippen LogP contribution in [-0.4, -0.2) is 46.5 Å². The van der Waals surface area contributed by atoms with Gasteiger partial charge in [-0.3, -0.25) is 4.79 Å². The van der Waals surface area contributed by atoms with Crippen molar-refractivity contribution in [2.24, 2.45) is 0 Å². The maximum absolute atomic E-state index is 13.3. The number of hydrogen-bond acceptors (Lipinski definition) is 6. The molecule has 0 aliphatic rings. The Morgan fingerprint density at radius 2 is 1.82 bits per heavy atom. The Bertz CT molecular complexity index is 1160. The van der Waals surface area contributed by atoms with Gasteiger partial charge in [0.25, 0.3) is 5.91 Å². The van der Waals surface area contributed by atoms with Crippen molar-refractivity contribution < 1.29 is 37.3 Å². The summed E-state index contributed by atoms with van der Waals surface area (Å²) < 4.78 is 50.6. The van der Waals surface area contributed by atoms with Gasteiger partial charge in [-0.25, -0.2) is 9.48 Å². The average Bonchev–Trinajstić information content (AvgIpc) is 3.20. The molecule has 8 nitrogen and oxygen atoms in total. The summed E-state index contributed by atoms with van der Waals surface area (Å²) in [4.78, 5) is 24.6. The lowest BCUT2D eigenvalue weighted by Gasteiger charge is -2.13. The molecule has 0 spiro atoms. The second-order valence-corrected chi connectivity index (χ2v) is 7.26. The minimum absolute atomic E-state index is 0.279. The van der Waals surface area contributed by atoms with E-state index in [1.54, 1.807) is 19.2 Å². The van der Waals surface area contributed by atoms with Gasteiger partial charge < -0.3 is 19.9 Å². The van der Waals surface area contributed by atoms with Gasteiger partial charge in [0.15, 0.2) is 11.9 Å². The van der Waals surface area contributed by atoms with Crippen LogP contribution in [0.5, 0.6) is 11.5 Å². The fourth-order valence-electron chi connectivity index (χ4n) is 3.08. The third-order valence-electron chi connectivity index (χ3n) is 4.87. The van der Waals surface area contributed by atoms with Crippen LogP contribution in [-0.2, 0) is 22.1 Å². The van der Waals surface area contributed by atoms with Gasteiger partial charge in [-0.2, -0.15) is 18.3 Å². The molecule has 3 aromatic rings. The molecular formula is C23H22F3N3O5. The molecular weight excluding hydrogens is 455 g/mol. The normalized spacial score (nSPS) is 12.1. The first-order chi connectivity index (χ1) is 16.1. The number of benzene rings is 2. The Morgan fingerprint density at radius 3 is 2.47 bits per heavy atom. The van der Waals surface area contributed by atoms with Gasteiger partial charge >= 0.3 is 12.1 Å². The third-order valence-corrected chi connectivity index (χ3v) is 4.87. The highest BCUT2D eigenvalue weighted by molar-refractivity contribution is 5.92. The maximum Gasteiger partial charge on any atom is 0.418 e. The Balaban J connectivity index is 1.61. The molecule has 0 fully saturated rings. The van der Waals surface area contributed by atoms with Crippen molar-refractivity contribution in [3.8, 4) is 17.2 Å². The molecule has 0 radical (unpaired) electrons. The van der Waals surface area contributed by atoms with E-state index in [0.29, 0.717) is 12.2 Å². The lowest BCUT2D eigenvalue weighted by atomic mass is 10.1. The quantitative estimate of drug-likeness (QED) is 0.482. The van der Waals surface area contributed by atoms with E-state index in [4.69, 9.17) is 9.47 Å². The lowest BCUT2D eigenvalue weighted by Crippen LogP contribution is -2.37. The number of hydrogen-bond donors (Lipinski definition) is 2. The summed E-state index contributed by atoms with van der Waals surface area (Å²) in [5.41, 5.74) is -1.04. The van der Waals surface area contributed by atoms with Crippen LogP contribution in [0.1, 0.15) is 28.5 Å². The Labute approximate surface area is 192 Å². The average molecular weight is 477 g/mol. The van der Waals surface area contributed by atoms with Gasteiger partial charge in [-0.05, 0) is 43.2 Å². The van der Waals surface area contributed by atoms with Crippen LogP contribution in [0.2, 0.25) is 0 Å². The van der Waals surface area contributed by atoms with E-state index in [0.717, 1.165) is 28.6 Å². The summed E-state index contributed by atoms with van der Waals surface area (Å²) >= 11 is 0. The molecule has 0 aliphatic carbocycles. The number of carbonyl (C=O) groups is 2. The number of amides is 1. The minimum atomic E-state index is -4.67. The Morgan fingerprint density at radius 1 is 1.15 bits per heavy atom. The first kappa shape index (κ1) is 24.6. The molecule has 2 N–H and O–H groups in total. The number of ether oxygens (including phenoxy) is 2. The zero-order valence-electron chi connectivity index (χ0n) is 18.3. The van der Waals surface area contributed by atoms with Gasteiger partial charge in [0.2, 0.25) is 5.69 Å². The molecule has 1 amide bonds. The number of nitrogens with zero attached hydrogens (tertiary/aromatic N) is 2. The largest absolute Gasteiger partial charge is 0.504 e. The van der Waals surface area contributed by atoms with Crippen LogP contribution in [0, 0.1) is 0 Å². The minimum Gasteiger partial charge on any atom is -0.504 e. The monoisotopic (exact) mass is 477 g/mol. The van der Waals surface area contributed by atoms with Gasteiger partial charge in [0, 0.05) is 6.54 Å². The zero-order chi connectivity index (χ0) is 24.9. The molecule has 11 heteroatoms. The molecule has 0 saturated heterocycles. The first-order valence-corrected chi connectivity index (χ1v) is 10.2. The second-order valence-electron chi connectivity index (χ2n) is 7.26. The SMILES string of the molecule is COc1ccc(CCNC(=O)C(C)OC(=O)c2nn(-c3ccccc3C(F)(F)F)cc2O)cc1. The Hall–Kier alpha value is -4.02. The summed E-state index contributed by atoms with van der Waals surface area (Å²) in [6.07, 6.45) is -4.51. The molecule has 0 bridgehead atoms. The summed E-state index contributed by atoms with van der Waals surface area (Å²) in [7, 11) is 1.56. The van der Waals surface area contributed by atoms with Crippen molar-refractivity contribution in [3.05, 3.63) is 71.5 Å². The summed E-state index contributed by atoms with van der Waals surface area (Å²) in [6.45, 7) is 1.61. The molecule has 1 aromatic heterocycles. The summed E-state index contributed by atoms with van der Waals surface area (Å²) in [5.74, 6) is -1.71. The van der Waals surface area contributed by atoms with Gasteiger partial charge in [0.05, 0.1) is 24.6 Å². The van der Waals surface area contributed by atoms with E-state index in [1.807, 2.05) is 12.1 Å². The van der Waals surface area contributed by atoms with E-state index >= 15 is 0 Å². The Kier molecular flexibility index (Phi) is 7.44. The fourth-order valence-corrected chi connectivity index (χ4v) is 3.08. The standard InChI is InChI=1S/C23H22F3N3O5/c1-14(21(31)27-12-11-15-7-9-16(33-2)10-8-15)34-22(32)20-19(30)13-29(28-20)18-6-4-3-5-17(18)23(24,25)26/h3-10,13-14,30H,11-12H2,1-2H3,(H,27,31). The molecule has 3 rings (SSSR count). The number of nitrogens with one attached hydrogen (secondary N) is 1. The smallest absolute Gasteiger partial charge is 0.418 e. The van der Waals surface area contributed by atoms with Crippen LogP contribution in [0.3, 0.4) is 0 Å². The highest BCUT2D eigenvalue weighted by atomic mass is 19.4. The summed E-state index contributed by atoms with van der Waals surface area (Å²) in [6, 6.07) is 11.8. The molecule has 0 saturated carbocycles. The van der Waals surface area contributed by atoms with E-state index in [9.17, 15) is 27.9 Å². The highest BCUT2D eigenvalue weighted by Gasteiger charge is 2.34. The number of para-hydroxylation sites is 1. The van der Waals surface area contributed by atoms with Crippen LogP contribution < -0.4 is 10.1 Å².